The van der Waals surface area contributed by atoms with Crippen molar-refractivity contribution in [2.45, 2.75) is 37.8 Å². The third-order valence-corrected chi connectivity index (χ3v) is 4.92. The fourth-order valence-corrected chi connectivity index (χ4v) is 3.33. The van der Waals surface area contributed by atoms with E-state index in [1.807, 2.05) is 0 Å². The normalized spacial score (nSPS) is 24.0. The molecular formula is C17H20N8O2. The van der Waals surface area contributed by atoms with Crippen LogP contribution in [0.2, 0.25) is 0 Å². The molecule has 4 N–H and O–H groups in total. The molecular weight excluding hydrogens is 348 g/mol. The molecule has 2 amide bonds. The minimum Gasteiger partial charge on any atom is -0.351 e. The summed E-state index contributed by atoms with van der Waals surface area (Å²) in [5, 5.41) is 16.8. The van der Waals surface area contributed by atoms with Crippen molar-refractivity contribution < 1.29 is 9.59 Å². The van der Waals surface area contributed by atoms with Crippen molar-refractivity contribution in [3.63, 3.8) is 0 Å². The van der Waals surface area contributed by atoms with Crippen LogP contribution in [-0.4, -0.2) is 56.6 Å². The topological polar surface area (TPSA) is 125 Å². The van der Waals surface area contributed by atoms with Gasteiger partial charge in [-0.3, -0.25) is 14.9 Å². The molecule has 3 fully saturated rings. The number of nitrogens with zero attached hydrogens (tertiary/aromatic N) is 4. The van der Waals surface area contributed by atoms with Gasteiger partial charge < -0.3 is 16.0 Å². The average molecular weight is 368 g/mol. The van der Waals surface area contributed by atoms with Crippen LogP contribution in [0.15, 0.2) is 11.8 Å². The molecule has 0 bridgehead atoms. The second-order valence-electron chi connectivity index (χ2n) is 7.18. The average Bonchev–Trinajstić information content (AvgIpc) is 3.01. The summed E-state index contributed by atoms with van der Waals surface area (Å²) >= 11 is 0. The molecule has 4 heterocycles. The molecule has 2 aromatic rings. The SMILES string of the molecule is O=C1C/C(=C\c2cnn3c(NC4CC4)nc(NC4CCNC4)nc23)C(=O)N1. The molecule has 2 saturated heterocycles. The summed E-state index contributed by atoms with van der Waals surface area (Å²) in [6.07, 6.45) is 6.64. The van der Waals surface area contributed by atoms with E-state index < -0.39 is 0 Å². The molecule has 2 aromatic heterocycles. The highest BCUT2D eigenvalue weighted by Crippen LogP contribution is 2.26. The van der Waals surface area contributed by atoms with Crippen molar-refractivity contribution >= 4 is 35.4 Å². The monoisotopic (exact) mass is 368 g/mol. The summed E-state index contributed by atoms with van der Waals surface area (Å²) in [5.74, 6) is 0.517. The first-order valence-corrected chi connectivity index (χ1v) is 9.20. The summed E-state index contributed by atoms with van der Waals surface area (Å²) in [6.45, 7) is 1.85. The Kier molecular flexibility index (Phi) is 3.78. The van der Waals surface area contributed by atoms with Gasteiger partial charge in [0.05, 0.1) is 12.6 Å². The Balaban J connectivity index is 1.54. The van der Waals surface area contributed by atoms with Gasteiger partial charge in [0, 0.05) is 29.8 Å². The van der Waals surface area contributed by atoms with Gasteiger partial charge in [0.15, 0.2) is 5.65 Å². The Morgan fingerprint density at radius 2 is 2.04 bits per heavy atom. The Hall–Kier alpha value is -3.01. The summed E-state index contributed by atoms with van der Waals surface area (Å²) in [5.41, 5.74) is 1.70. The largest absolute Gasteiger partial charge is 0.351 e. The summed E-state index contributed by atoms with van der Waals surface area (Å²) in [4.78, 5) is 32.5. The van der Waals surface area contributed by atoms with Gasteiger partial charge >= 0.3 is 0 Å². The molecule has 0 aromatic carbocycles. The van der Waals surface area contributed by atoms with Crippen molar-refractivity contribution in [3.8, 4) is 0 Å². The number of rotatable bonds is 5. The number of imide groups is 1. The molecule has 10 heteroatoms. The number of carbonyl (C=O) groups is 2. The molecule has 0 radical (unpaired) electrons. The van der Waals surface area contributed by atoms with E-state index in [1.165, 1.54) is 0 Å². The van der Waals surface area contributed by atoms with E-state index in [-0.39, 0.29) is 24.3 Å². The van der Waals surface area contributed by atoms with Crippen molar-refractivity contribution in [2.75, 3.05) is 23.7 Å². The summed E-state index contributed by atoms with van der Waals surface area (Å²) in [7, 11) is 0. The second kappa shape index (κ2) is 6.31. The Morgan fingerprint density at radius 1 is 1.15 bits per heavy atom. The zero-order valence-corrected chi connectivity index (χ0v) is 14.7. The molecule has 10 nitrogen and oxygen atoms in total. The van der Waals surface area contributed by atoms with Crippen molar-refractivity contribution in [2.24, 2.45) is 0 Å². The lowest BCUT2D eigenvalue weighted by molar-refractivity contribution is -0.124. The van der Waals surface area contributed by atoms with Gasteiger partial charge in [0.25, 0.3) is 5.91 Å². The van der Waals surface area contributed by atoms with Crippen molar-refractivity contribution in [1.29, 1.82) is 0 Å². The predicted octanol–water partition coefficient (Wildman–Crippen LogP) is -0.0977. The highest BCUT2D eigenvalue weighted by Gasteiger charge is 2.26. The van der Waals surface area contributed by atoms with Gasteiger partial charge in [-0.2, -0.15) is 19.6 Å². The van der Waals surface area contributed by atoms with Gasteiger partial charge in [0.1, 0.15) is 0 Å². The second-order valence-corrected chi connectivity index (χ2v) is 7.18. The van der Waals surface area contributed by atoms with E-state index in [2.05, 4.69) is 36.3 Å². The molecule has 27 heavy (non-hydrogen) atoms. The zero-order chi connectivity index (χ0) is 18.4. The van der Waals surface area contributed by atoms with Crippen LogP contribution >= 0.6 is 0 Å². The molecule has 2 aliphatic heterocycles. The molecule has 5 rings (SSSR count). The van der Waals surface area contributed by atoms with Gasteiger partial charge in [-0.25, -0.2) is 0 Å². The van der Waals surface area contributed by atoms with Gasteiger partial charge in [-0.05, 0) is 31.9 Å². The van der Waals surface area contributed by atoms with Crippen LogP contribution in [0.3, 0.4) is 0 Å². The smallest absolute Gasteiger partial charge is 0.254 e. The van der Waals surface area contributed by atoms with Crippen LogP contribution in [0.1, 0.15) is 31.2 Å². The molecule has 1 atom stereocenters. The van der Waals surface area contributed by atoms with E-state index in [4.69, 9.17) is 0 Å². The lowest BCUT2D eigenvalue weighted by atomic mass is 10.1. The maximum Gasteiger partial charge on any atom is 0.254 e. The standard InChI is InChI=1S/C17H20N8O2/c26-13-6-9(15(27)22-13)5-10-7-19-25-14(10)23-16(20-12-3-4-18-8-12)24-17(25)21-11-1-2-11/h5,7,11-12,18H,1-4,6,8H2,(H,22,26,27)(H2,20,21,23,24)/b9-5+. The van der Waals surface area contributed by atoms with Crippen molar-refractivity contribution in [1.82, 2.24) is 30.2 Å². The maximum absolute atomic E-state index is 11.9. The highest BCUT2D eigenvalue weighted by molar-refractivity contribution is 6.15. The van der Waals surface area contributed by atoms with E-state index in [0.717, 1.165) is 32.4 Å². The lowest BCUT2D eigenvalue weighted by Gasteiger charge is -2.13. The number of fused-ring (bicyclic) bond motifs is 1. The van der Waals surface area contributed by atoms with Crippen LogP contribution in [0.5, 0.6) is 0 Å². The predicted molar refractivity (Wildman–Crippen MR) is 98.1 cm³/mol. The number of hydrogen-bond donors (Lipinski definition) is 4. The molecule has 3 aliphatic rings. The first-order chi connectivity index (χ1) is 13.2. The molecule has 1 unspecified atom stereocenters. The van der Waals surface area contributed by atoms with Crippen LogP contribution in [0.25, 0.3) is 11.7 Å². The highest BCUT2D eigenvalue weighted by atomic mass is 16.2. The molecule has 1 saturated carbocycles. The Morgan fingerprint density at radius 3 is 2.74 bits per heavy atom. The van der Waals surface area contributed by atoms with Crippen LogP contribution in [-0.2, 0) is 9.59 Å². The third kappa shape index (κ3) is 3.23. The van der Waals surface area contributed by atoms with Crippen LogP contribution < -0.4 is 21.3 Å². The Bertz CT molecular complexity index is 955. The first-order valence-electron chi connectivity index (χ1n) is 9.20. The number of anilines is 2. The number of carbonyl (C=O) groups excluding carboxylic acids is 2. The Labute approximate surface area is 154 Å². The van der Waals surface area contributed by atoms with Crippen molar-refractivity contribution in [3.05, 3.63) is 17.3 Å². The van der Waals surface area contributed by atoms with Crippen LogP contribution in [0.4, 0.5) is 11.9 Å². The van der Waals surface area contributed by atoms with E-state index in [0.29, 0.717) is 34.7 Å². The van der Waals surface area contributed by atoms with Gasteiger partial charge in [-0.1, -0.05) is 0 Å². The number of nitrogens with one attached hydrogen (secondary N) is 4. The fraction of sp³-hybridized carbons (Fsp3) is 0.471. The van der Waals surface area contributed by atoms with E-state index in [1.54, 1.807) is 16.8 Å². The fourth-order valence-electron chi connectivity index (χ4n) is 3.33. The molecule has 1 aliphatic carbocycles. The number of amides is 2. The third-order valence-electron chi connectivity index (χ3n) is 4.92. The summed E-state index contributed by atoms with van der Waals surface area (Å²) < 4.78 is 1.65. The minimum absolute atomic E-state index is 0.0767. The van der Waals surface area contributed by atoms with Gasteiger partial charge in [0.2, 0.25) is 17.8 Å². The van der Waals surface area contributed by atoms with E-state index in [9.17, 15) is 9.59 Å². The van der Waals surface area contributed by atoms with Gasteiger partial charge in [-0.15, -0.1) is 0 Å². The molecule has 0 spiro atoms. The quantitative estimate of drug-likeness (QED) is 0.426. The van der Waals surface area contributed by atoms with Crippen LogP contribution in [0, 0.1) is 0 Å². The minimum atomic E-state index is -0.361. The number of aromatic nitrogens is 4. The van der Waals surface area contributed by atoms with E-state index >= 15 is 0 Å². The summed E-state index contributed by atoms with van der Waals surface area (Å²) in [6, 6.07) is 0.692. The first kappa shape index (κ1) is 16.2. The zero-order valence-electron chi connectivity index (χ0n) is 14.7. The number of hydrogen-bond acceptors (Lipinski definition) is 8. The molecule has 140 valence electrons. The maximum atomic E-state index is 11.9. The lowest BCUT2D eigenvalue weighted by Crippen LogP contribution is -2.24.